The van der Waals surface area contributed by atoms with Gasteiger partial charge in [-0.05, 0) is 0 Å². The number of nitrogen functional groups attached to an aromatic ring is 4. The van der Waals surface area contributed by atoms with E-state index in [9.17, 15) is 0 Å². The molecule has 0 unspecified atom stereocenters. The van der Waals surface area contributed by atoms with Gasteiger partial charge in [-0.25, -0.2) is 18.3 Å². The summed E-state index contributed by atoms with van der Waals surface area (Å²) in [6, 6.07) is 14.4. The van der Waals surface area contributed by atoms with Gasteiger partial charge in [-0.1, -0.05) is 0 Å². The molecule has 46 heteroatoms. The number of aromatic nitrogens is 4. The van der Waals surface area contributed by atoms with Gasteiger partial charge in [0.2, 0.25) is 0 Å². The molecule has 0 spiro atoms. The number of nitrogens with zero attached hydrogens (tertiary/aromatic N) is 4. The predicted molar refractivity (Wildman–Crippen MR) is 170 cm³/mol. The zero-order valence-electron chi connectivity index (χ0n) is 36.7. The molecular formula is C28H44Mo8N8O30-48. The van der Waals surface area contributed by atoms with Crippen molar-refractivity contribution < 1.29 is 350 Å². The molecule has 4 aromatic heterocycles. The Bertz CT molecular complexity index is 1050. The molecular weight excluding hydrogens is 1700 g/mol. The van der Waals surface area contributed by atoms with Crippen LogP contribution >= 0.6 is 0 Å². The van der Waals surface area contributed by atoms with Crippen LogP contribution < -0.4 is 41.2 Å². The van der Waals surface area contributed by atoms with Gasteiger partial charge in [0.05, 0.1) is 0 Å². The molecule has 4 heterocycles. The fourth-order valence-corrected chi connectivity index (χ4v) is 2.93. The van der Waals surface area contributed by atoms with Gasteiger partial charge in [0.15, 0.2) is 75.8 Å². The molecule has 0 aliphatic rings. The largest absolute Gasteiger partial charge is 2.00 e. The van der Waals surface area contributed by atoms with Crippen LogP contribution in [0, 0.1) is 0 Å². The topological polar surface area (TPSA) is 942 Å². The molecule has 0 saturated heterocycles. The standard InChI is InChI=1S/4C7H10N2O.8Mo.26O/c4*8-7-1-3-9(4-2-7)5-6-10;;;;;;;;;;;;;;;;;;;;;;;;;;;;;;;;;;/h4*1-4,8,10H,5-6H2;;;;;;;;;;;;;;;;;;;;;;;;;;;;;;;;;;/q;;;;;;;;;;;;26*-2/p+4. The first kappa shape index (κ1) is 246. The number of pyridine rings is 4. The molecule has 0 fully saturated rings. The molecule has 0 bridgehead atoms. The van der Waals surface area contributed by atoms with Crippen LogP contribution in [0.25, 0.3) is 0 Å². The molecule has 0 aliphatic heterocycles. The Hall–Kier alpha value is 0.106. The Labute approximate surface area is 540 Å². The normalized spacial score (nSPS) is 5.24. The molecule has 74 heavy (non-hydrogen) atoms. The van der Waals surface area contributed by atoms with E-state index in [-0.39, 0.29) is 337 Å². The second-order valence-corrected chi connectivity index (χ2v) is 8.37. The van der Waals surface area contributed by atoms with Crippen LogP contribution in [0.1, 0.15) is 0 Å². The van der Waals surface area contributed by atoms with Crippen LogP contribution in [0.3, 0.4) is 0 Å². The quantitative estimate of drug-likeness (QED) is 0.0623. The van der Waals surface area contributed by atoms with E-state index < -0.39 is 0 Å². The van der Waals surface area contributed by atoms with Gasteiger partial charge < -0.3 is 186 Å². The first-order chi connectivity index (χ1) is 19.3. The summed E-state index contributed by atoms with van der Waals surface area (Å²) in [6.07, 6.45) is 14.7. The smallest absolute Gasteiger partial charge is 0.171 e. The minimum absolute atomic E-state index is 0. The zero-order valence-corrected chi connectivity index (χ0v) is 52.7. The van der Waals surface area contributed by atoms with Crippen molar-refractivity contribution in [2.75, 3.05) is 49.4 Å². The zero-order chi connectivity index (χ0) is 29.6. The molecule has 0 aliphatic carbocycles. The van der Waals surface area contributed by atoms with E-state index in [1.165, 1.54) is 0 Å². The van der Waals surface area contributed by atoms with Gasteiger partial charge in [-0.3, -0.25) is 0 Å². The Morgan fingerprint density at radius 1 is 0.216 bits per heavy atom. The van der Waals surface area contributed by atoms with Gasteiger partial charge >= 0.3 is 0 Å². The molecule has 0 aromatic carbocycles. The Morgan fingerprint density at radius 3 is 0.365 bits per heavy atom. The summed E-state index contributed by atoms with van der Waals surface area (Å²) in [4.78, 5) is 0. The maximum atomic E-state index is 8.54. The number of hydrogen-bond acceptors (Lipinski definition) is 8. The van der Waals surface area contributed by atoms with E-state index >= 15 is 0 Å². The van der Waals surface area contributed by atoms with Crippen LogP contribution in [0.5, 0.6) is 0 Å². The monoisotopic (exact) mass is 1760 g/mol. The number of anilines is 4. The van der Waals surface area contributed by atoms with Crippen LogP contribution in [0.4, 0.5) is 22.7 Å². The number of aliphatic hydroxyl groups is 4. The number of nitrogens with two attached hydrogens (primary N) is 4. The SMILES string of the molecule is Nc1cc[n+](CCO)cc1.Nc1cc[n+](CCO)cc1.Nc1cc[n+](CCO)cc1.Nc1cc[n+](CCO)cc1.[Mo].[Mo].[Mo].[Mo].[Mo].[Mo].[Mo].[Mo].[O-2].[O-2].[O-2].[O-2].[O-2].[O-2].[O-2].[O-2].[O-2].[O-2].[O-2].[O-2].[O-2].[O-2].[O-2].[O-2].[O-2].[O-2].[O-2].[O-2].[O-2].[O-2].[O-2].[O-2].[O-2].[O-2]. The summed E-state index contributed by atoms with van der Waals surface area (Å²) in [7, 11) is 0. The first-order valence-corrected chi connectivity index (χ1v) is 12.7. The van der Waals surface area contributed by atoms with Crippen molar-refractivity contribution in [1.82, 2.24) is 0 Å². The number of rotatable bonds is 8. The van der Waals surface area contributed by atoms with Crippen molar-refractivity contribution >= 4 is 22.7 Å². The summed E-state index contributed by atoms with van der Waals surface area (Å²) in [5.41, 5.74) is 24.8. The van der Waals surface area contributed by atoms with Gasteiger partial charge in [0.1, 0.15) is 26.4 Å². The molecule has 0 atom stereocenters. The van der Waals surface area contributed by atoms with Gasteiger partial charge in [0, 0.05) is 240 Å². The second-order valence-electron chi connectivity index (χ2n) is 8.37. The van der Waals surface area contributed by atoms with Crippen LogP contribution in [0.15, 0.2) is 98.1 Å². The van der Waals surface area contributed by atoms with E-state index in [1.807, 2.05) is 67.8 Å². The Morgan fingerprint density at radius 2 is 0.297 bits per heavy atom. The molecule has 4 rings (SSSR count). The van der Waals surface area contributed by atoms with E-state index in [4.69, 9.17) is 43.4 Å². The van der Waals surface area contributed by atoms with E-state index in [1.54, 1.807) is 48.5 Å². The number of hydrogen-bond donors (Lipinski definition) is 8. The molecule has 0 saturated carbocycles. The minimum atomic E-state index is 0. The fraction of sp³-hybridized carbons (Fsp3) is 0.286. The molecule has 0 radical (unpaired) electrons. The fourth-order valence-electron chi connectivity index (χ4n) is 2.93. The molecule has 0 amide bonds. The number of aliphatic hydroxyl groups excluding tert-OH is 4. The van der Waals surface area contributed by atoms with Crippen molar-refractivity contribution in [3.63, 3.8) is 0 Å². The maximum Gasteiger partial charge on any atom is 0.171 e. The summed E-state index contributed by atoms with van der Waals surface area (Å²) in [5.74, 6) is 0. The maximum absolute atomic E-state index is 8.54. The van der Waals surface area contributed by atoms with Crippen molar-refractivity contribution in [2.24, 2.45) is 0 Å². The van der Waals surface area contributed by atoms with E-state index in [2.05, 4.69) is 0 Å². The average molecular weight is 1740 g/mol. The van der Waals surface area contributed by atoms with Gasteiger partial charge in [-0.15, -0.1) is 0 Å². The van der Waals surface area contributed by atoms with Crippen molar-refractivity contribution in [3.8, 4) is 0 Å². The van der Waals surface area contributed by atoms with Crippen LogP contribution in [-0.2, 0) is 337 Å². The summed E-state index contributed by atoms with van der Waals surface area (Å²) in [6.45, 7) is 3.15. The van der Waals surface area contributed by atoms with Gasteiger partial charge in [0.25, 0.3) is 0 Å². The Balaban J connectivity index is -0.00000000781. The third-order valence-electron chi connectivity index (χ3n) is 5.10. The average Bonchev–Trinajstić information content (AvgIpc) is 2.96. The summed E-state index contributed by atoms with van der Waals surface area (Å²) < 4.78 is 7.49. The first-order valence-electron chi connectivity index (χ1n) is 12.7. The van der Waals surface area contributed by atoms with Crippen molar-refractivity contribution in [3.05, 3.63) is 98.1 Å². The summed E-state index contributed by atoms with van der Waals surface area (Å²) >= 11 is 0. The molecule has 38 nitrogen and oxygen atoms in total. The van der Waals surface area contributed by atoms with Gasteiger partial charge in [-0.2, -0.15) is 0 Å². The van der Waals surface area contributed by atoms with E-state index in [0.717, 1.165) is 22.7 Å². The van der Waals surface area contributed by atoms with Crippen LogP contribution in [0.2, 0.25) is 0 Å². The Kier molecular flexibility index (Phi) is 547. The summed E-state index contributed by atoms with van der Waals surface area (Å²) in [5, 5.41) is 34.1. The van der Waals surface area contributed by atoms with Crippen LogP contribution in [-0.4, -0.2) is 46.9 Å². The molecule has 4 aromatic rings. The third kappa shape index (κ3) is 134. The van der Waals surface area contributed by atoms with Crippen molar-refractivity contribution in [1.29, 1.82) is 0 Å². The van der Waals surface area contributed by atoms with E-state index in [0.29, 0.717) is 26.2 Å². The molecule has 472 valence electrons. The third-order valence-corrected chi connectivity index (χ3v) is 5.10. The predicted octanol–water partition coefficient (Wildman–Crippen LogP) is -4.91. The second kappa shape index (κ2) is 164. The minimum Gasteiger partial charge on any atom is -2.00 e. The van der Waals surface area contributed by atoms with Crippen molar-refractivity contribution in [2.45, 2.75) is 26.2 Å². The molecule has 12 N–H and O–H groups in total.